The van der Waals surface area contributed by atoms with E-state index >= 15 is 0 Å². The molecule has 0 aliphatic heterocycles. The molecule has 1 saturated carbocycles. The molecule has 1 fully saturated rings. The number of aliphatic hydroxyl groups is 1. The Labute approximate surface area is 137 Å². The van der Waals surface area contributed by atoms with E-state index in [-0.39, 0.29) is 24.6 Å². The molecule has 0 spiro atoms. The minimum Gasteiger partial charge on any atom is -0.396 e. The Kier molecular flexibility index (Phi) is 5.62. The van der Waals surface area contributed by atoms with Gasteiger partial charge in [0.15, 0.2) is 0 Å². The maximum absolute atomic E-state index is 12.1. The van der Waals surface area contributed by atoms with E-state index in [9.17, 15) is 9.90 Å². The molecule has 5 heteroatoms. The summed E-state index contributed by atoms with van der Waals surface area (Å²) in [6.45, 7) is 3.84. The molecule has 2 rings (SSSR count). The van der Waals surface area contributed by atoms with Crippen molar-refractivity contribution in [2.75, 3.05) is 11.9 Å². The number of hydrogen-bond acceptors (Lipinski definition) is 3. The van der Waals surface area contributed by atoms with Gasteiger partial charge in [0.1, 0.15) is 0 Å². The maximum atomic E-state index is 12.1. The Hall–Kier alpha value is -2.06. The van der Waals surface area contributed by atoms with Gasteiger partial charge in [-0.25, -0.2) is 4.79 Å². The highest BCUT2D eigenvalue weighted by Gasteiger charge is 2.26. The predicted molar refractivity (Wildman–Crippen MR) is 90.1 cm³/mol. The van der Waals surface area contributed by atoms with Crippen molar-refractivity contribution in [1.29, 1.82) is 5.26 Å². The molecule has 124 valence electrons. The van der Waals surface area contributed by atoms with Crippen molar-refractivity contribution in [1.82, 2.24) is 5.32 Å². The number of nitrogens with zero attached hydrogens (tertiary/aromatic N) is 1. The molecule has 0 heterocycles. The fourth-order valence-corrected chi connectivity index (χ4v) is 2.99. The average Bonchev–Trinajstić information content (AvgIpc) is 2.55. The van der Waals surface area contributed by atoms with Crippen molar-refractivity contribution in [2.45, 2.75) is 51.0 Å². The van der Waals surface area contributed by atoms with Gasteiger partial charge in [0.05, 0.1) is 11.5 Å². The lowest BCUT2D eigenvalue weighted by atomic mass is 9.85. The van der Waals surface area contributed by atoms with E-state index in [0.29, 0.717) is 5.69 Å². The van der Waals surface area contributed by atoms with Crippen LogP contribution >= 0.6 is 0 Å². The fraction of sp³-hybridized carbons (Fsp3) is 0.556. The Morgan fingerprint density at radius 2 is 1.96 bits per heavy atom. The zero-order valence-corrected chi connectivity index (χ0v) is 13.8. The Bertz CT molecular complexity index is 575. The number of rotatable bonds is 4. The first-order chi connectivity index (χ1) is 11.0. The zero-order valence-electron chi connectivity index (χ0n) is 13.8. The standard InChI is InChI=1S/C18H25N3O2/c1-18(2,12-19)14-7-9-15(10-8-14)20-17(23)21-16-6-4-3-5-13(16)11-22/h7-10,13,16,22H,3-6,11H2,1-2H3,(H2,20,21,23). The number of anilines is 1. The van der Waals surface area contributed by atoms with E-state index in [1.165, 1.54) is 0 Å². The van der Waals surface area contributed by atoms with Crippen LogP contribution in [0.3, 0.4) is 0 Å². The van der Waals surface area contributed by atoms with Gasteiger partial charge < -0.3 is 15.7 Å². The third-order valence-electron chi connectivity index (χ3n) is 4.60. The van der Waals surface area contributed by atoms with E-state index in [1.807, 2.05) is 26.0 Å². The van der Waals surface area contributed by atoms with Crippen LogP contribution in [0.5, 0.6) is 0 Å². The van der Waals surface area contributed by atoms with E-state index in [4.69, 9.17) is 5.26 Å². The van der Waals surface area contributed by atoms with Crippen molar-refractivity contribution in [3.63, 3.8) is 0 Å². The summed E-state index contributed by atoms with van der Waals surface area (Å²) in [7, 11) is 0. The van der Waals surface area contributed by atoms with E-state index < -0.39 is 5.41 Å². The molecule has 2 amide bonds. The first-order valence-electron chi connectivity index (χ1n) is 8.16. The molecule has 5 nitrogen and oxygen atoms in total. The molecule has 0 bridgehead atoms. The van der Waals surface area contributed by atoms with Crippen LogP contribution in [-0.2, 0) is 5.41 Å². The molecular formula is C18H25N3O2. The second kappa shape index (κ2) is 7.47. The van der Waals surface area contributed by atoms with Crippen LogP contribution in [0.1, 0.15) is 45.1 Å². The van der Waals surface area contributed by atoms with Crippen molar-refractivity contribution < 1.29 is 9.90 Å². The quantitative estimate of drug-likeness (QED) is 0.798. The van der Waals surface area contributed by atoms with E-state index in [0.717, 1.165) is 31.2 Å². The van der Waals surface area contributed by atoms with Gasteiger partial charge in [-0.1, -0.05) is 25.0 Å². The lowest BCUT2D eigenvalue weighted by molar-refractivity contribution is 0.156. The number of aliphatic hydroxyl groups excluding tert-OH is 1. The van der Waals surface area contributed by atoms with Crippen LogP contribution < -0.4 is 10.6 Å². The first kappa shape index (κ1) is 17.3. The van der Waals surface area contributed by atoms with Gasteiger partial charge in [-0.3, -0.25) is 0 Å². The molecule has 1 aromatic carbocycles. The van der Waals surface area contributed by atoms with Gasteiger partial charge in [-0.15, -0.1) is 0 Å². The number of benzene rings is 1. The lowest BCUT2D eigenvalue weighted by Crippen LogP contribution is -2.45. The number of nitrogens with one attached hydrogen (secondary N) is 2. The van der Waals surface area contributed by atoms with Crippen molar-refractivity contribution in [3.8, 4) is 6.07 Å². The predicted octanol–water partition coefficient (Wildman–Crippen LogP) is 3.16. The van der Waals surface area contributed by atoms with Crippen LogP contribution in [0.2, 0.25) is 0 Å². The minimum atomic E-state index is -0.544. The Morgan fingerprint density at radius 1 is 1.30 bits per heavy atom. The second-order valence-electron chi connectivity index (χ2n) is 6.75. The Balaban J connectivity index is 1.94. The SMILES string of the molecule is CC(C)(C#N)c1ccc(NC(=O)NC2CCCCC2CO)cc1. The molecule has 0 aromatic heterocycles. The molecule has 1 aromatic rings. The van der Waals surface area contributed by atoms with Gasteiger partial charge in [0, 0.05) is 24.3 Å². The third kappa shape index (κ3) is 4.46. The van der Waals surface area contributed by atoms with Crippen LogP contribution in [-0.4, -0.2) is 23.8 Å². The first-order valence-corrected chi connectivity index (χ1v) is 8.16. The average molecular weight is 315 g/mol. The summed E-state index contributed by atoms with van der Waals surface area (Å²) in [6.07, 6.45) is 4.06. The highest BCUT2D eigenvalue weighted by molar-refractivity contribution is 5.89. The molecule has 0 saturated heterocycles. The topological polar surface area (TPSA) is 85.2 Å². The van der Waals surface area contributed by atoms with Gasteiger partial charge in [-0.05, 0) is 44.4 Å². The van der Waals surface area contributed by atoms with Gasteiger partial charge >= 0.3 is 6.03 Å². The molecule has 2 atom stereocenters. The van der Waals surface area contributed by atoms with E-state index in [2.05, 4.69) is 16.7 Å². The number of nitriles is 1. The largest absolute Gasteiger partial charge is 0.396 e. The number of hydrogen-bond donors (Lipinski definition) is 3. The molecule has 1 aliphatic rings. The fourth-order valence-electron chi connectivity index (χ4n) is 2.99. The number of amides is 2. The molecule has 23 heavy (non-hydrogen) atoms. The summed E-state index contributed by atoms with van der Waals surface area (Å²) in [5.41, 5.74) is 1.06. The third-order valence-corrected chi connectivity index (χ3v) is 4.60. The molecular weight excluding hydrogens is 290 g/mol. The minimum absolute atomic E-state index is 0.0329. The van der Waals surface area contributed by atoms with Crippen LogP contribution in [0.4, 0.5) is 10.5 Å². The smallest absolute Gasteiger partial charge is 0.319 e. The summed E-state index contributed by atoms with van der Waals surface area (Å²) in [4.78, 5) is 12.1. The van der Waals surface area contributed by atoms with Crippen molar-refractivity contribution >= 4 is 11.7 Å². The Morgan fingerprint density at radius 3 is 2.57 bits per heavy atom. The lowest BCUT2D eigenvalue weighted by Gasteiger charge is -2.30. The second-order valence-corrected chi connectivity index (χ2v) is 6.75. The van der Waals surface area contributed by atoms with Crippen LogP contribution in [0, 0.1) is 17.2 Å². The highest BCUT2D eigenvalue weighted by atomic mass is 16.3. The number of urea groups is 1. The zero-order chi connectivity index (χ0) is 16.9. The summed E-state index contributed by atoms with van der Waals surface area (Å²) in [6, 6.07) is 9.37. The molecule has 1 aliphatic carbocycles. The van der Waals surface area contributed by atoms with Crippen molar-refractivity contribution in [3.05, 3.63) is 29.8 Å². The molecule has 3 N–H and O–H groups in total. The molecule has 2 unspecified atom stereocenters. The maximum Gasteiger partial charge on any atom is 0.319 e. The van der Waals surface area contributed by atoms with E-state index in [1.54, 1.807) is 12.1 Å². The van der Waals surface area contributed by atoms with Crippen molar-refractivity contribution in [2.24, 2.45) is 5.92 Å². The van der Waals surface area contributed by atoms with Gasteiger partial charge in [0.2, 0.25) is 0 Å². The summed E-state index contributed by atoms with van der Waals surface area (Å²) in [5, 5.41) is 24.3. The van der Waals surface area contributed by atoms with Crippen LogP contribution in [0.25, 0.3) is 0 Å². The summed E-state index contributed by atoms with van der Waals surface area (Å²) < 4.78 is 0. The van der Waals surface area contributed by atoms with Crippen LogP contribution in [0.15, 0.2) is 24.3 Å². The monoisotopic (exact) mass is 315 g/mol. The number of carbonyl (C=O) groups is 1. The summed E-state index contributed by atoms with van der Waals surface area (Å²) >= 11 is 0. The summed E-state index contributed by atoms with van der Waals surface area (Å²) in [5.74, 6) is 0.147. The number of carbonyl (C=O) groups excluding carboxylic acids is 1. The normalized spacial score (nSPS) is 21.3. The highest BCUT2D eigenvalue weighted by Crippen LogP contribution is 2.25. The molecule has 0 radical (unpaired) electrons. The van der Waals surface area contributed by atoms with Gasteiger partial charge in [-0.2, -0.15) is 5.26 Å². The van der Waals surface area contributed by atoms with Gasteiger partial charge in [0.25, 0.3) is 0 Å².